The Bertz CT molecular complexity index is 353. The molecule has 1 heterocycles. The van der Waals surface area contributed by atoms with Gasteiger partial charge in [-0.25, -0.2) is 0 Å². The predicted octanol–water partition coefficient (Wildman–Crippen LogP) is 2.55. The van der Waals surface area contributed by atoms with Crippen LogP contribution in [0.15, 0.2) is 0 Å². The molecule has 4 nitrogen and oxygen atoms in total. The second-order valence-electron chi connectivity index (χ2n) is 7.03. The first-order chi connectivity index (χ1) is 9.95. The van der Waals surface area contributed by atoms with E-state index in [1.807, 2.05) is 6.92 Å². The van der Waals surface area contributed by atoms with Crippen LogP contribution in [-0.2, 0) is 9.53 Å². The van der Waals surface area contributed by atoms with Crippen LogP contribution in [0.5, 0.6) is 0 Å². The van der Waals surface area contributed by atoms with Gasteiger partial charge in [0.15, 0.2) is 0 Å². The number of hydrogen-bond acceptors (Lipinski definition) is 3. The van der Waals surface area contributed by atoms with Crippen LogP contribution in [0.4, 0.5) is 0 Å². The highest BCUT2D eigenvalue weighted by Crippen LogP contribution is 2.35. The lowest BCUT2D eigenvalue weighted by molar-refractivity contribution is -0.141. The van der Waals surface area contributed by atoms with Gasteiger partial charge in [0.2, 0.25) is 5.91 Å². The SMILES string of the molecule is CCCN(C(=O)C1C(C)OC(C)C1C)C1CCC(N)CC1. The van der Waals surface area contributed by atoms with E-state index >= 15 is 0 Å². The average molecular weight is 296 g/mol. The molecule has 1 saturated carbocycles. The molecule has 0 spiro atoms. The van der Waals surface area contributed by atoms with Gasteiger partial charge < -0.3 is 15.4 Å². The van der Waals surface area contributed by atoms with Crippen LogP contribution in [-0.4, -0.2) is 41.6 Å². The summed E-state index contributed by atoms with van der Waals surface area (Å²) >= 11 is 0. The molecular weight excluding hydrogens is 264 g/mol. The van der Waals surface area contributed by atoms with Gasteiger partial charge in [0.25, 0.3) is 0 Å². The summed E-state index contributed by atoms with van der Waals surface area (Å²) in [7, 11) is 0. The Morgan fingerprint density at radius 2 is 1.76 bits per heavy atom. The van der Waals surface area contributed by atoms with Crippen molar-refractivity contribution < 1.29 is 9.53 Å². The molecule has 4 heteroatoms. The van der Waals surface area contributed by atoms with Gasteiger partial charge in [-0.05, 0) is 51.9 Å². The molecule has 4 unspecified atom stereocenters. The molecular formula is C17H32N2O2. The van der Waals surface area contributed by atoms with Crippen molar-refractivity contribution in [3.63, 3.8) is 0 Å². The van der Waals surface area contributed by atoms with Crippen LogP contribution in [0, 0.1) is 11.8 Å². The Labute approximate surface area is 129 Å². The molecule has 0 bridgehead atoms. The smallest absolute Gasteiger partial charge is 0.228 e. The maximum absolute atomic E-state index is 13.1. The second kappa shape index (κ2) is 7.10. The van der Waals surface area contributed by atoms with Gasteiger partial charge in [-0.2, -0.15) is 0 Å². The Kier molecular flexibility index (Phi) is 5.67. The van der Waals surface area contributed by atoms with Crippen LogP contribution in [0.2, 0.25) is 0 Å². The van der Waals surface area contributed by atoms with Crippen molar-refractivity contribution in [3.8, 4) is 0 Å². The quantitative estimate of drug-likeness (QED) is 0.867. The van der Waals surface area contributed by atoms with Crippen molar-refractivity contribution in [2.24, 2.45) is 17.6 Å². The number of carbonyl (C=O) groups is 1. The van der Waals surface area contributed by atoms with Crippen molar-refractivity contribution in [3.05, 3.63) is 0 Å². The van der Waals surface area contributed by atoms with E-state index in [2.05, 4.69) is 25.7 Å². The third-order valence-corrected chi connectivity index (χ3v) is 5.46. The summed E-state index contributed by atoms with van der Waals surface area (Å²) in [5.41, 5.74) is 6.01. The molecule has 2 N–H and O–H groups in total. The van der Waals surface area contributed by atoms with Crippen molar-refractivity contribution >= 4 is 5.91 Å². The zero-order valence-corrected chi connectivity index (χ0v) is 14.0. The van der Waals surface area contributed by atoms with Crippen LogP contribution in [0.1, 0.15) is 59.8 Å². The lowest BCUT2D eigenvalue weighted by atomic mass is 9.85. The molecule has 1 aliphatic heterocycles. The molecule has 2 fully saturated rings. The fourth-order valence-electron chi connectivity index (χ4n) is 4.01. The largest absolute Gasteiger partial charge is 0.374 e. The molecule has 0 aromatic rings. The average Bonchev–Trinajstić information content (AvgIpc) is 2.70. The Morgan fingerprint density at radius 1 is 1.14 bits per heavy atom. The predicted molar refractivity (Wildman–Crippen MR) is 84.9 cm³/mol. The van der Waals surface area contributed by atoms with E-state index in [1.54, 1.807) is 0 Å². The van der Waals surface area contributed by atoms with Crippen LogP contribution >= 0.6 is 0 Å². The monoisotopic (exact) mass is 296 g/mol. The third-order valence-electron chi connectivity index (χ3n) is 5.46. The molecule has 2 rings (SSSR count). The van der Waals surface area contributed by atoms with Crippen LogP contribution < -0.4 is 5.73 Å². The summed E-state index contributed by atoms with van der Waals surface area (Å²) in [5.74, 6) is 0.626. The van der Waals surface area contributed by atoms with Gasteiger partial charge in [-0.15, -0.1) is 0 Å². The summed E-state index contributed by atoms with van der Waals surface area (Å²) in [6.07, 6.45) is 5.42. The standard InChI is InChI=1S/C17H32N2O2/c1-5-10-19(15-8-6-14(18)7-9-15)17(20)16-11(2)12(3)21-13(16)4/h11-16H,5-10,18H2,1-4H3. The zero-order chi connectivity index (χ0) is 15.6. The van der Waals surface area contributed by atoms with Gasteiger partial charge in [0, 0.05) is 18.6 Å². The summed E-state index contributed by atoms with van der Waals surface area (Å²) in [6.45, 7) is 9.29. The summed E-state index contributed by atoms with van der Waals surface area (Å²) in [5, 5.41) is 0. The summed E-state index contributed by atoms with van der Waals surface area (Å²) < 4.78 is 5.87. The van der Waals surface area contributed by atoms with Crippen molar-refractivity contribution in [2.45, 2.75) is 84.1 Å². The number of nitrogens with two attached hydrogens (primary N) is 1. The van der Waals surface area contributed by atoms with Gasteiger partial charge in [0.05, 0.1) is 18.1 Å². The second-order valence-corrected chi connectivity index (χ2v) is 7.03. The molecule has 1 amide bonds. The minimum Gasteiger partial charge on any atom is -0.374 e. The molecule has 0 aromatic carbocycles. The van der Waals surface area contributed by atoms with Crippen molar-refractivity contribution in [2.75, 3.05) is 6.54 Å². The van der Waals surface area contributed by atoms with E-state index in [9.17, 15) is 4.79 Å². The number of carbonyl (C=O) groups excluding carboxylic acids is 1. The number of rotatable bonds is 4. The lowest BCUT2D eigenvalue weighted by Gasteiger charge is -2.38. The number of hydrogen-bond donors (Lipinski definition) is 1. The molecule has 1 aliphatic carbocycles. The highest BCUT2D eigenvalue weighted by atomic mass is 16.5. The molecule has 4 atom stereocenters. The van der Waals surface area contributed by atoms with Crippen LogP contribution in [0.3, 0.4) is 0 Å². The fourth-order valence-corrected chi connectivity index (χ4v) is 4.01. The van der Waals surface area contributed by atoms with Crippen molar-refractivity contribution in [1.82, 2.24) is 4.90 Å². The molecule has 0 radical (unpaired) electrons. The first-order valence-electron chi connectivity index (χ1n) is 8.67. The molecule has 1 saturated heterocycles. The first kappa shape index (κ1) is 16.8. The Hall–Kier alpha value is -0.610. The van der Waals surface area contributed by atoms with Gasteiger partial charge in [0.1, 0.15) is 0 Å². The van der Waals surface area contributed by atoms with E-state index in [1.165, 1.54) is 0 Å². The van der Waals surface area contributed by atoms with E-state index in [0.717, 1.165) is 38.6 Å². The van der Waals surface area contributed by atoms with Crippen molar-refractivity contribution in [1.29, 1.82) is 0 Å². The number of amides is 1. The minimum absolute atomic E-state index is 0.0159. The fraction of sp³-hybridized carbons (Fsp3) is 0.941. The zero-order valence-electron chi connectivity index (χ0n) is 14.0. The molecule has 0 aromatic heterocycles. The highest BCUT2D eigenvalue weighted by Gasteiger charge is 2.44. The van der Waals surface area contributed by atoms with E-state index < -0.39 is 0 Å². The minimum atomic E-state index is 0.0159. The maximum atomic E-state index is 13.1. The molecule has 2 aliphatic rings. The van der Waals surface area contributed by atoms with E-state index in [-0.39, 0.29) is 18.1 Å². The topological polar surface area (TPSA) is 55.6 Å². The maximum Gasteiger partial charge on any atom is 0.228 e. The highest BCUT2D eigenvalue weighted by molar-refractivity contribution is 5.80. The van der Waals surface area contributed by atoms with Crippen LogP contribution in [0.25, 0.3) is 0 Å². The van der Waals surface area contributed by atoms with E-state index in [0.29, 0.717) is 23.9 Å². The number of ether oxygens (including phenoxy) is 1. The lowest BCUT2D eigenvalue weighted by Crippen LogP contribution is -2.49. The third kappa shape index (κ3) is 3.59. The summed E-state index contributed by atoms with van der Waals surface area (Å²) in [6, 6.07) is 0.708. The molecule has 122 valence electrons. The Morgan fingerprint density at radius 3 is 2.24 bits per heavy atom. The molecule has 21 heavy (non-hydrogen) atoms. The van der Waals surface area contributed by atoms with Gasteiger partial charge >= 0.3 is 0 Å². The summed E-state index contributed by atoms with van der Waals surface area (Å²) in [4.78, 5) is 15.2. The first-order valence-corrected chi connectivity index (χ1v) is 8.67. The van der Waals surface area contributed by atoms with Gasteiger partial charge in [-0.1, -0.05) is 13.8 Å². The van der Waals surface area contributed by atoms with E-state index in [4.69, 9.17) is 10.5 Å². The van der Waals surface area contributed by atoms with Gasteiger partial charge in [-0.3, -0.25) is 4.79 Å². The number of nitrogens with zero attached hydrogens (tertiary/aromatic N) is 1. The normalized spacial score (nSPS) is 40.2. The Balaban J connectivity index is 2.08.